The molecular formula is C23H26N2O4S. The zero-order valence-corrected chi connectivity index (χ0v) is 18.1. The third-order valence-corrected chi connectivity index (χ3v) is 5.67. The fourth-order valence-electron chi connectivity index (χ4n) is 3.15. The number of hydrogen-bond acceptors (Lipinski definition) is 5. The minimum Gasteiger partial charge on any atom is -0.462 e. The second-order valence-corrected chi connectivity index (χ2v) is 7.79. The first-order valence-electron chi connectivity index (χ1n) is 10.0. The molecule has 3 rings (SSSR count). The van der Waals surface area contributed by atoms with Crippen molar-refractivity contribution < 1.29 is 19.1 Å². The Kier molecular flexibility index (Phi) is 7.93. The summed E-state index contributed by atoms with van der Waals surface area (Å²) in [5, 5.41) is 0. The number of rotatable bonds is 9. The average Bonchev–Trinajstić information content (AvgIpc) is 3.09. The van der Waals surface area contributed by atoms with Crippen LogP contribution in [0.25, 0.3) is 10.2 Å². The summed E-state index contributed by atoms with van der Waals surface area (Å²) in [4.78, 5) is 29.5. The minimum absolute atomic E-state index is 0.144. The highest BCUT2D eigenvalue weighted by Crippen LogP contribution is 2.20. The molecule has 0 aliphatic carbocycles. The molecule has 0 radical (unpaired) electrons. The maximum absolute atomic E-state index is 12.5. The Morgan fingerprint density at radius 2 is 1.93 bits per heavy atom. The Labute approximate surface area is 179 Å². The Morgan fingerprint density at radius 3 is 2.67 bits per heavy atom. The molecular weight excluding hydrogens is 400 g/mol. The van der Waals surface area contributed by atoms with E-state index < -0.39 is 0 Å². The lowest BCUT2D eigenvalue weighted by Gasteiger charge is -2.05. The minimum atomic E-state index is -0.355. The van der Waals surface area contributed by atoms with E-state index in [4.69, 9.17) is 9.47 Å². The van der Waals surface area contributed by atoms with Gasteiger partial charge >= 0.3 is 5.97 Å². The number of fused-ring (bicyclic) bond motifs is 1. The monoisotopic (exact) mass is 426 g/mol. The van der Waals surface area contributed by atoms with Crippen LogP contribution in [0.5, 0.6) is 0 Å². The van der Waals surface area contributed by atoms with Gasteiger partial charge in [-0.1, -0.05) is 41.7 Å². The van der Waals surface area contributed by atoms with Gasteiger partial charge in [0.15, 0.2) is 4.80 Å². The van der Waals surface area contributed by atoms with E-state index in [1.807, 2.05) is 28.8 Å². The lowest BCUT2D eigenvalue weighted by molar-refractivity contribution is -0.118. The molecule has 7 heteroatoms. The highest BCUT2D eigenvalue weighted by Gasteiger charge is 2.12. The Balaban J connectivity index is 1.82. The van der Waals surface area contributed by atoms with Crippen LogP contribution in [0.2, 0.25) is 0 Å². The summed E-state index contributed by atoms with van der Waals surface area (Å²) in [6.07, 6.45) is 1.99. The van der Waals surface area contributed by atoms with Crippen molar-refractivity contribution in [1.29, 1.82) is 0 Å². The molecule has 158 valence electrons. The van der Waals surface area contributed by atoms with Gasteiger partial charge in [-0.3, -0.25) is 4.79 Å². The maximum Gasteiger partial charge on any atom is 0.338 e. The molecule has 3 aromatic rings. The van der Waals surface area contributed by atoms with E-state index in [1.165, 1.54) is 16.9 Å². The number of esters is 1. The number of thiazole rings is 1. The third-order valence-electron chi connectivity index (χ3n) is 4.63. The Bertz CT molecular complexity index is 1070. The largest absolute Gasteiger partial charge is 0.462 e. The van der Waals surface area contributed by atoms with E-state index in [-0.39, 0.29) is 11.9 Å². The third kappa shape index (κ3) is 5.64. The number of aromatic nitrogens is 1. The molecule has 2 aromatic carbocycles. The second-order valence-electron chi connectivity index (χ2n) is 6.78. The number of benzene rings is 2. The highest BCUT2D eigenvalue weighted by molar-refractivity contribution is 7.16. The number of amides is 1. The van der Waals surface area contributed by atoms with E-state index in [9.17, 15) is 9.59 Å². The molecule has 0 saturated heterocycles. The summed E-state index contributed by atoms with van der Waals surface area (Å²) in [5.41, 5.74) is 2.62. The SMILES string of the molecule is CCOC(=O)c1ccc2c(c1)sc(=NC(=O)CCCc1ccccc1)n2CCOC. The van der Waals surface area contributed by atoms with Gasteiger partial charge in [-0.25, -0.2) is 4.79 Å². The van der Waals surface area contributed by atoms with Crippen LogP contribution in [0.4, 0.5) is 0 Å². The van der Waals surface area contributed by atoms with E-state index >= 15 is 0 Å². The summed E-state index contributed by atoms with van der Waals surface area (Å²) in [6, 6.07) is 15.5. The van der Waals surface area contributed by atoms with Crippen molar-refractivity contribution >= 4 is 33.4 Å². The van der Waals surface area contributed by atoms with Gasteiger partial charge < -0.3 is 14.0 Å². The van der Waals surface area contributed by atoms with E-state index in [2.05, 4.69) is 17.1 Å². The smallest absolute Gasteiger partial charge is 0.338 e. The van der Waals surface area contributed by atoms with Crippen LogP contribution in [-0.2, 0) is 27.2 Å². The predicted octanol–water partition coefficient (Wildman–Crippen LogP) is 3.98. The van der Waals surface area contributed by atoms with Gasteiger partial charge in [-0.15, -0.1) is 0 Å². The number of hydrogen-bond donors (Lipinski definition) is 0. The van der Waals surface area contributed by atoms with Crippen LogP contribution in [0.15, 0.2) is 53.5 Å². The molecule has 0 aliphatic rings. The summed E-state index contributed by atoms with van der Waals surface area (Å²) in [6.45, 7) is 3.18. The number of ether oxygens (including phenoxy) is 2. The van der Waals surface area contributed by atoms with E-state index in [0.29, 0.717) is 36.5 Å². The van der Waals surface area contributed by atoms with Crippen molar-refractivity contribution in [3.05, 3.63) is 64.5 Å². The molecule has 0 bridgehead atoms. The average molecular weight is 427 g/mol. The molecule has 0 unspecified atom stereocenters. The van der Waals surface area contributed by atoms with Crippen LogP contribution in [0.1, 0.15) is 35.7 Å². The van der Waals surface area contributed by atoms with Gasteiger partial charge in [0.2, 0.25) is 5.91 Å². The van der Waals surface area contributed by atoms with Crippen molar-refractivity contribution in [2.75, 3.05) is 20.3 Å². The zero-order chi connectivity index (χ0) is 21.3. The quantitative estimate of drug-likeness (QED) is 0.486. The van der Waals surface area contributed by atoms with Crippen LogP contribution >= 0.6 is 11.3 Å². The molecule has 0 fully saturated rings. The van der Waals surface area contributed by atoms with Crippen molar-refractivity contribution in [3.63, 3.8) is 0 Å². The number of carbonyl (C=O) groups excluding carboxylic acids is 2. The molecule has 0 atom stereocenters. The molecule has 0 spiro atoms. The number of methoxy groups -OCH3 is 1. The zero-order valence-electron chi connectivity index (χ0n) is 17.3. The molecule has 30 heavy (non-hydrogen) atoms. The van der Waals surface area contributed by atoms with Gasteiger partial charge in [0.05, 0.1) is 29.0 Å². The molecule has 0 N–H and O–H groups in total. The van der Waals surface area contributed by atoms with Gasteiger partial charge in [0, 0.05) is 20.1 Å². The molecule has 0 aliphatic heterocycles. The topological polar surface area (TPSA) is 69.9 Å². The van der Waals surface area contributed by atoms with E-state index in [1.54, 1.807) is 26.2 Å². The van der Waals surface area contributed by atoms with Crippen molar-refractivity contribution in [2.24, 2.45) is 4.99 Å². The normalized spacial score (nSPS) is 11.7. The first-order chi connectivity index (χ1) is 14.6. The van der Waals surface area contributed by atoms with Crippen LogP contribution < -0.4 is 4.80 Å². The maximum atomic E-state index is 12.5. The standard InChI is InChI=1S/C23H26N2O4S/c1-3-29-22(27)18-12-13-19-20(16-18)30-23(25(19)14-15-28-2)24-21(26)11-7-10-17-8-5-4-6-9-17/h4-6,8-9,12-13,16H,3,7,10-11,14-15H2,1-2H3. The van der Waals surface area contributed by atoms with Gasteiger partial charge in [0.25, 0.3) is 0 Å². The molecule has 0 saturated carbocycles. The van der Waals surface area contributed by atoms with Crippen molar-refractivity contribution in [2.45, 2.75) is 32.7 Å². The molecule has 6 nitrogen and oxygen atoms in total. The summed E-state index contributed by atoms with van der Waals surface area (Å²) in [5.74, 6) is -0.499. The predicted molar refractivity (Wildman–Crippen MR) is 118 cm³/mol. The lowest BCUT2D eigenvalue weighted by atomic mass is 10.1. The van der Waals surface area contributed by atoms with Crippen LogP contribution in [0, 0.1) is 0 Å². The van der Waals surface area contributed by atoms with Crippen molar-refractivity contribution in [1.82, 2.24) is 4.57 Å². The fourth-order valence-corrected chi connectivity index (χ4v) is 4.26. The fraction of sp³-hybridized carbons (Fsp3) is 0.348. The van der Waals surface area contributed by atoms with Crippen molar-refractivity contribution in [3.8, 4) is 0 Å². The Morgan fingerprint density at radius 1 is 1.13 bits per heavy atom. The van der Waals surface area contributed by atoms with Crippen LogP contribution in [-0.4, -0.2) is 36.8 Å². The summed E-state index contributed by atoms with van der Waals surface area (Å²) >= 11 is 1.39. The van der Waals surface area contributed by atoms with E-state index in [0.717, 1.165) is 23.1 Å². The van der Waals surface area contributed by atoms with Gasteiger partial charge in [-0.2, -0.15) is 4.99 Å². The number of carbonyl (C=O) groups is 2. The van der Waals surface area contributed by atoms with Gasteiger partial charge in [0.1, 0.15) is 0 Å². The molecule has 1 heterocycles. The first-order valence-corrected chi connectivity index (χ1v) is 10.8. The first kappa shape index (κ1) is 21.9. The van der Waals surface area contributed by atoms with Gasteiger partial charge in [-0.05, 0) is 43.5 Å². The molecule has 1 aromatic heterocycles. The Hall–Kier alpha value is -2.77. The summed E-state index contributed by atoms with van der Waals surface area (Å²) < 4.78 is 13.1. The summed E-state index contributed by atoms with van der Waals surface area (Å²) in [7, 11) is 1.64. The lowest BCUT2D eigenvalue weighted by Crippen LogP contribution is -2.19. The number of aryl methyl sites for hydroxylation is 1. The van der Waals surface area contributed by atoms with Crippen LogP contribution in [0.3, 0.4) is 0 Å². The number of nitrogens with zero attached hydrogens (tertiary/aromatic N) is 2. The second kappa shape index (κ2) is 10.8. The highest BCUT2D eigenvalue weighted by atomic mass is 32.1. The molecule has 1 amide bonds.